The monoisotopic (exact) mass is 262 g/mol. The molecule has 1 rings (SSSR count). The first-order valence-corrected chi connectivity index (χ1v) is 7.06. The van der Waals surface area contributed by atoms with Gasteiger partial charge in [0.15, 0.2) is 0 Å². The summed E-state index contributed by atoms with van der Waals surface area (Å²) in [6.45, 7) is 8.51. The number of nitrogens with one attached hydrogen (secondary N) is 1. The van der Waals surface area contributed by atoms with Crippen molar-refractivity contribution < 1.29 is 4.79 Å². The summed E-state index contributed by atoms with van der Waals surface area (Å²) in [6, 6.07) is 8.23. The van der Waals surface area contributed by atoms with Gasteiger partial charge in [0.05, 0.1) is 11.5 Å². The summed E-state index contributed by atoms with van der Waals surface area (Å²) in [6.07, 6.45) is 1.54. The molecule has 0 unspecified atom stereocenters. The first-order valence-electron chi connectivity index (χ1n) is 7.06. The molecule has 0 aromatic heterocycles. The molecule has 0 saturated heterocycles. The van der Waals surface area contributed by atoms with Crippen molar-refractivity contribution in [1.29, 1.82) is 0 Å². The van der Waals surface area contributed by atoms with E-state index >= 15 is 0 Å². The van der Waals surface area contributed by atoms with Crippen LogP contribution in [0.5, 0.6) is 0 Å². The van der Waals surface area contributed by atoms with E-state index in [1.165, 1.54) is 5.56 Å². The minimum absolute atomic E-state index is 0.0106. The van der Waals surface area contributed by atoms with Crippen molar-refractivity contribution in [3.05, 3.63) is 35.4 Å². The normalized spacial score (nSPS) is 13.1. The van der Waals surface area contributed by atoms with E-state index < -0.39 is 5.41 Å². The van der Waals surface area contributed by atoms with Gasteiger partial charge >= 0.3 is 0 Å². The SMILES string of the molecule is CCC(CC)(CN)C(=O)N[C@H](C)c1cccc(C)c1. The zero-order valence-corrected chi connectivity index (χ0v) is 12.5. The number of rotatable bonds is 6. The Morgan fingerprint density at radius 3 is 2.47 bits per heavy atom. The highest BCUT2D eigenvalue weighted by Crippen LogP contribution is 2.26. The molecule has 1 aromatic carbocycles. The maximum absolute atomic E-state index is 12.4. The first kappa shape index (κ1) is 15.7. The van der Waals surface area contributed by atoms with Crippen LogP contribution in [0, 0.1) is 12.3 Å². The lowest BCUT2D eigenvalue weighted by molar-refractivity contribution is -0.131. The molecule has 0 aliphatic heterocycles. The van der Waals surface area contributed by atoms with Crippen molar-refractivity contribution in [3.8, 4) is 0 Å². The fourth-order valence-electron chi connectivity index (χ4n) is 2.33. The van der Waals surface area contributed by atoms with Gasteiger partial charge in [-0.25, -0.2) is 0 Å². The summed E-state index contributed by atoms with van der Waals surface area (Å²) < 4.78 is 0. The highest BCUT2D eigenvalue weighted by atomic mass is 16.2. The van der Waals surface area contributed by atoms with Crippen LogP contribution < -0.4 is 11.1 Å². The van der Waals surface area contributed by atoms with E-state index in [0.717, 1.165) is 18.4 Å². The van der Waals surface area contributed by atoms with Crippen LogP contribution in [0.2, 0.25) is 0 Å². The van der Waals surface area contributed by atoms with E-state index in [1.54, 1.807) is 0 Å². The second kappa shape index (κ2) is 6.71. The summed E-state index contributed by atoms with van der Waals surface area (Å²) in [5, 5.41) is 3.10. The molecular weight excluding hydrogens is 236 g/mol. The number of hydrogen-bond donors (Lipinski definition) is 2. The van der Waals surface area contributed by atoms with Crippen LogP contribution in [0.1, 0.15) is 50.8 Å². The Morgan fingerprint density at radius 2 is 2.00 bits per heavy atom. The van der Waals surface area contributed by atoms with Gasteiger partial charge in [0.1, 0.15) is 0 Å². The van der Waals surface area contributed by atoms with Gasteiger partial charge in [0, 0.05) is 6.54 Å². The molecule has 3 heteroatoms. The number of nitrogens with two attached hydrogens (primary N) is 1. The maximum atomic E-state index is 12.4. The average molecular weight is 262 g/mol. The van der Waals surface area contributed by atoms with Gasteiger partial charge in [-0.2, -0.15) is 0 Å². The van der Waals surface area contributed by atoms with Crippen LogP contribution >= 0.6 is 0 Å². The predicted molar refractivity (Wildman–Crippen MR) is 79.8 cm³/mol. The summed E-state index contributed by atoms with van der Waals surface area (Å²) >= 11 is 0. The molecule has 0 heterocycles. The van der Waals surface area contributed by atoms with Gasteiger partial charge < -0.3 is 11.1 Å². The molecule has 0 aliphatic carbocycles. The molecule has 1 aromatic rings. The highest BCUT2D eigenvalue weighted by Gasteiger charge is 2.33. The molecular formula is C16H26N2O. The minimum atomic E-state index is -0.432. The van der Waals surface area contributed by atoms with Crippen LogP contribution in [0.15, 0.2) is 24.3 Å². The maximum Gasteiger partial charge on any atom is 0.227 e. The van der Waals surface area contributed by atoms with E-state index in [0.29, 0.717) is 6.54 Å². The van der Waals surface area contributed by atoms with Crippen molar-refractivity contribution in [2.24, 2.45) is 11.1 Å². The molecule has 106 valence electrons. The zero-order chi connectivity index (χ0) is 14.5. The van der Waals surface area contributed by atoms with Crippen LogP contribution in [0.25, 0.3) is 0 Å². The number of carbonyl (C=O) groups excluding carboxylic acids is 1. The van der Waals surface area contributed by atoms with E-state index in [4.69, 9.17) is 5.73 Å². The Labute approximate surface area is 116 Å². The van der Waals surface area contributed by atoms with E-state index in [1.807, 2.05) is 32.9 Å². The molecule has 0 aliphatic rings. The highest BCUT2D eigenvalue weighted by molar-refractivity contribution is 5.83. The van der Waals surface area contributed by atoms with Crippen molar-refractivity contribution in [1.82, 2.24) is 5.32 Å². The van der Waals surface area contributed by atoms with Crippen LogP contribution in [0.3, 0.4) is 0 Å². The quantitative estimate of drug-likeness (QED) is 0.828. The smallest absolute Gasteiger partial charge is 0.227 e. The molecule has 1 atom stereocenters. The summed E-state index contributed by atoms with van der Waals surface area (Å²) in [4.78, 5) is 12.4. The Kier molecular flexibility index (Phi) is 5.55. The Hall–Kier alpha value is -1.35. The summed E-state index contributed by atoms with van der Waals surface area (Å²) in [5.41, 5.74) is 7.71. The second-order valence-electron chi connectivity index (χ2n) is 5.30. The van der Waals surface area contributed by atoms with Gasteiger partial charge in [0.2, 0.25) is 5.91 Å². The van der Waals surface area contributed by atoms with Crippen LogP contribution in [-0.2, 0) is 4.79 Å². The molecule has 3 N–H and O–H groups in total. The molecule has 0 fully saturated rings. The lowest BCUT2D eigenvalue weighted by atomic mass is 9.81. The second-order valence-corrected chi connectivity index (χ2v) is 5.30. The summed E-state index contributed by atoms with van der Waals surface area (Å²) in [5.74, 6) is 0.0639. The molecule has 0 radical (unpaired) electrons. The van der Waals surface area contributed by atoms with Gasteiger partial charge in [0.25, 0.3) is 0 Å². The average Bonchev–Trinajstić information content (AvgIpc) is 2.41. The van der Waals surface area contributed by atoms with Crippen molar-refractivity contribution in [3.63, 3.8) is 0 Å². The molecule has 3 nitrogen and oxygen atoms in total. The number of hydrogen-bond acceptors (Lipinski definition) is 2. The molecule has 19 heavy (non-hydrogen) atoms. The molecule has 0 bridgehead atoms. The minimum Gasteiger partial charge on any atom is -0.349 e. The summed E-state index contributed by atoms with van der Waals surface area (Å²) in [7, 11) is 0. The zero-order valence-electron chi connectivity index (χ0n) is 12.5. The van der Waals surface area contributed by atoms with Crippen LogP contribution in [0.4, 0.5) is 0 Å². The van der Waals surface area contributed by atoms with Crippen molar-refractivity contribution in [2.45, 2.75) is 46.6 Å². The first-order chi connectivity index (χ1) is 8.99. The van der Waals surface area contributed by atoms with Gasteiger partial charge in [-0.1, -0.05) is 43.7 Å². The predicted octanol–water partition coefficient (Wildman–Crippen LogP) is 2.94. The number of carbonyl (C=O) groups is 1. The molecule has 0 saturated carbocycles. The fraction of sp³-hybridized carbons (Fsp3) is 0.562. The Bertz CT molecular complexity index is 416. The third-order valence-corrected chi connectivity index (χ3v) is 4.12. The standard InChI is InChI=1S/C16H26N2O/c1-5-16(6-2,11-17)15(19)18-13(4)14-9-7-8-12(3)10-14/h7-10,13H,5-6,11,17H2,1-4H3,(H,18,19)/t13-/m1/s1. The van der Waals surface area contributed by atoms with Crippen LogP contribution in [-0.4, -0.2) is 12.5 Å². The van der Waals surface area contributed by atoms with E-state index in [9.17, 15) is 4.79 Å². The topological polar surface area (TPSA) is 55.1 Å². The van der Waals surface area contributed by atoms with E-state index in [-0.39, 0.29) is 11.9 Å². The van der Waals surface area contributed by atoms with Gasteiger partial charge in [-0.15, -0.1) is 0 Å². The number of benzene rings is 1. The Morgan fingerprint density at radius 1 is 1.37 bits per heavy atom. The largest absolute Gasteiger partial charge is 0.349 e. The lowest BCUT2D eigenvalue weighted by Crippen LogP contribution is -2.46. The number of aryl methyl sites for hydroxylation is 1. The Balaban J connectivity index is 2.81. The molecule has 0 spiro atoms. The third-order valence-electron chi connectivity index (χ3n) is 4.12. The van der Waals surface area contributed by atoms with Gasteiger partial charge in [-0.05, 0) is 32.3 Å². The van der Waals surface area contributed by atoms with Gasteiger partial charge in [-0.3, -0.25) is 4.79 Å². The molecule has 1 amide bonds. The third kappa shape index (κ3) is 3.57. The van der Waals surface area contributed by atoms with Crippen molar-refractivity contribution in [2.75, 3.05) is 6.54 Å². The lowest BCUT2D eigenvalue weighted by Gasteiger charge is -2.30. The van der Waals surface area contributed by atoms with Crippen molar-refractivity contribution >= 4 is 5.91 Å². The fourth-order valence-corrected chi connectivity index (χ4v) is 2.33. The van der Waals surface area contributed by atoms with E-state index in [2.05, 4.69) is 24.4 Å². The number of amides is 1.